The molecule has 0 aliphatic heterocycles. The van der Waals surface area contributed by atoms with E-state index in [0.717, 1.165) is 11.1 Å². The Morgan fingerprint density at radius 1 is 1.03 bits per heavy atom. The molecule has 0 radical (unpaired) electrons. The monoisotopic (exact) mass is 482 g/mol. The second kappa shape index (κ2) is 11.4. The first-order valence-electron chi connectivity index (χ1n) is 10.6. The van der Waals surface area contributed by atoms with Crippen LogP contribution in [0.1, 0.15) is 29.4 Å². The Labute approximate surface area is 198 Å². The molecule has 0 aliphatic carbocycles. The quantitative estimate of drug-likeness (QED) is 0.338. The summed E-state index contributed by atoms with van der Waals surface area (Å²) in [6.45, 7) is 3.85. The van der Waals surface area contributed by atoms with Crippen molar-refractivity contribution in [2.24, 2.45) is 0 Å². The minimum Gasteiger partial charge on any atom is -0.468 e. The topological polar surface area (TPSA) is 115 Å². The van der Waals surface area contributed by atoms with Crippen molar-refractivity contribution in [2.75, 3.05) is 0 Å². The molecule has 0 bridgehead atoms. The zero-order valence-corrected chi connectivity index (χ0v) is 19.7. The number of aryl methyl sites for hydroxylation is 1. The lowest BCUT2D eigenvalue weighted by Gasteiger charge is -2.12. The first-order valence-corrected chi connectivity index (χ1v) is 12.1. The van der Waals surface area contributed by atoms with E-state index >= 15 is 0 Å². The summed E-state index contributed by atoms with van der Waals surface area (Å²) in [5.41, 5.74) is 2.67. The van der Waals surface area contributed by atoms with Gasteiger partial charge in [0.1, 0.15) is 5.76 Å². The van der Waals surface area contributed by atoms with Gasteiger partial charge in [0.05, 0.1) is 17.7 Å². The first kappa shape index (κ1) is 24.9. The fraction of sp³-hybridized carbons (Fsp3) is 0.200. The predicted molar refractivity (Wildman–Crippen MR) is 127 cm³/mol. The third-order valence-corrected chi connectivity index (χ3v) is 6.29. The van der Waals surface area contributed by atoms with Crippen molar-refractivity contribution < 1.29 is 27.2 Å². The molecule has 1 atom stereocenters. The Bertz CT molecular complexity index is 1230. The van der Waals surface area contributed by atoms with Crippen molar-refractivity contribution in [3.8, 4) is 0 Å². The highest BCUT2D eigenvalue weighted by molar-refractivity contribution is 7.89. The Kier molecular flexibility index (Phi) is 8.39. The molecule has 0 saturated carbocycles. The summed E-state index contributed by atoms with van der Waals surface area (Å²) >= 11 is 0. The van der Waals surface area contributed by atoms with Crippen LogP contribution in [0.2, 0.25) is 0 Å². The van der Waals surface area contributed by atoms with E-state index in [-0.39, 0.29) is 11.4 Å². The highest BCUT2D eigenvalue weighted by atomic mass is 32.2. The molecule has 9 heteroatoms. The number of esters is 1. The molecular weight excluding hydrogens is 456 g/mol. The fourth-order valence-corrected chi connectivity index (χ4v) is 3.88. The van der Waals surface area contributed by atoms with Crippen molar-refractivity contribution in [1.82, 2.24) is 10.0 Å². The Morgan fingerprint density at radius 2 is 1.74 bits per heavy atom. The van der Waals surface area contributed by atoms with Gasteiger partial charge in [0, 0.05) is 12.6 Å². The number of hydrogen-bond acceptors (Lipinski definition) is 6. The number of ether oxygens (including phenoxy) is 1. The van der Waals surface area contributed by atoms with E-state index in [1.54, 1.807) is 24.3 Å². The van der Waals surface area contributed by atoms with Gasteiger partial charge in [0.2, 0.25) is 10.0 Å². The number of sulfonamides is 1. The molecule has 0 fully saturated rings. The number of hydrogen-bond donors (Lipinski definition) is 2. The van der Waals surface area contributed by atoms with Crippen molar-refractivity contribution in [3.63, 3.8) is 0 Å². The molecule has 2 aromatic carbocycles. The van der Waals surface area contributed by atoms with Crippen LogP contribution >= 0.6 is 0 Å². The highest BCUT2D eigenvalue weighted by Gasteiger charge is 2.16. The molecule has 1 aromatic heterocycles. The maximum absolute atomic E-state index is 12.4. The maximum atomic E-state index is 12.4. The highest BCUT2D eigenvalue weighted by Crippen LogP contribution is 2.13. The van der Waals surface area contributed by atoms with E-state index in [0.29, 0.717) is 17.9 Å². The Balaban J connectivity index is 1.47. The van der Waals surface area contributed by atoms with Crippen LogP contribution < -0.4 is 10.0 Å². The van der Waals surface area contributed by atoms with Gasteiger partial charge in [-0.15, -0.1) is 0 Å². The number of carbonyl (C=O) groups excluding carboxylic acids is 2. The molecule has 0 aliphatic rings. The molecule has 0 saturated heterocycles. The van der Waals surface area contributed by atoms with Crippen LogP contribution in [-0.2, 0) is 37.4 Å². The van der Waals surface area contributed by atoms with E-state index in [1.807, 2.05) is 31.2 Å². The Hall–Kier alpha value is -3.69. The summed E-state index contributed by atoms with van der Waals surface area (Å²) in [7, 11) is -3.71. The molecule has 3 rings (SSSR count). The van der Waals surface area contributed by atoms with Gasteiger partial charge in [-0.05, 0) is 55.3 Å². The zero-order valence-electron chi connectivity index (χ0n) is 18.9. The summed E-state index contributed by atoms with van der Waals surface area (Å²) in [6, 6.07) is 17.1. The zero-order chi connectivity index (χ0) is 24.6. The van der Waals surface area contributed by atoms with Gasteiger partial charge < -0.3 is 14.5 Å². The molecule has 0 spiro atoms. The number of carbonyl (C=O) groups is 2. The fourth-order valence-electron chi connectivity index (χ4n) is 2.89. The second-order valence-electron chi connectivity index (χ2n) is 7.59. The third-order valence-electron chi connectivity index (χ3n) is 4.87. The van der Waals surface area contributed by atoms with E-state index in [2.05, 4.69) is 10.0 Å². The predicted octanol–water partition coefficient (Wildman–Crippen LogP) is 3.33. The molecular formula is C25H26N2O6S. The van der Waals surface area contributed by atoms with E-state index < -0.39 is 28.0 Å². The van der Waals surface area contributed by atoms with E-state index in [1.165, 1.54) is 37.5 Å². The average molecular weight is 483 g/mol. The van der Waals surface area contributed by atoms with Crippen molar-refractivity contribution >= 4 is 28.0 Å². The number of benzene rings is 2. The average Bonchev–Trinajstić information content (AvgIpc) is 3.35. The summed E-state index contributed by atoms with van der Waals surface area (Å²) in [4.78, 5) is 24.3. The van der Waals surface area contributed by atoms with Gasteiger partial charge in [-0.1, -0.05) is 42.0 Å². The lowest BCUT2D eigenvalue weighted by Crippen LogP contribution is -2.35. The summed E-state index contributed by atoms with van der Waals surface area (Å²) in [5, 5.41) is 2.73. The van der Waals surface area contributed by atoms with Gasteiger partial charge >= 0.3 is 5.97 Å². The lowest BCUT2D eigenvalue weighted by atomic mass is 10.1. The smallest absolute Gasteiger partial charge is 0.331 e. The van der Waals surface area contributed by atoms with Crippen LogP contribution in [0.25, 0.3) is 6.08 Å². The van der Waals surface area contributed by atoms with Crippen molar-refractivity contribution in [1.29, 1.82) is 0 Å². The second-order valence-corrected chi connectivity index (χ2v) is 9.36. The van der Waals surface area contributed by atoms with Crippen LogP contribution in [0.4, 0.5) is 0 Å². The standard InChI is InChI=1S/C25H26N2O6S/c1-18-5-7-21(8-6-18)16-26-25(29)19(2)33-24(28)14-11-20-9-12-23(13-10-20)34(30,31)27-17-22-4-3-15-32-22/h3-15,19,27H,16-17H2,1-2H3,(H,26,29)/b14-11+. The summed E-state index contributed by atoms with van der Waals surface area (Å²) in [6.07, 6.45) is 3.17. The van der Waals surface area contributed by atoms with Gasteiger partial charge in [-0.2, -0.15) is 0 Å². The number of amides is 1. The molecule has 1 heterocycles. The number of furan rings is 1. The number of nitrogens with one attached hydrogen (secondary N) is 2. The van der Waals surface area contributed by atoms with Crippen molar-refractivity contribution in [3.05, 3.63) is 95.5 Å². The SMILES string of the molecule is Cc1ccc(CNC(=O)C(C)OC(=O)/C=C/c2ccc(S(=O)(=O)NCc3ccco3)cc2)cc1. The van der Waals surface area contributed by atoms with Crippen molar-refractivity contribution in [2.45, 2.75) is 37.9 Å². The van der Waals surface area contributed by atoms with Crippen LogP contribution in [0, 0.1) is 6.92 Å². The Morgan fingerprint density at radius 3 is 2.38 bits per heavy atom. The summed E-state index contributed by atoms with van der Waals surface area (Å²) in [5.74, 6) is -0.589. The molecule has 2 N–H and O–H groups in total. The molecule has 8 nitrogen and oxygen atoms in total. The van der Waals surface area contributed by atoms with Crippen LogP contribution in [-0.4, -0.2) is 26.4 Å². The largest absolute Gasteiger partial charge is 0.468 e. The third kappa shape index (κ3) is 7.43. The summed E-state index contributed by atoms with van der Waals surface area (Å²) < 4.78 is 37.4. The normalized spacial score (nSPS) is 12.4. The minimum atomic E-state index is -3.71. The van der Waals surface area contributed by atoms with Gasteiger partial charge in [-0.3, -0.25) is 4.79 Å². The van der Waals surface area contributed by atoms with Gasteiger partial charge in [-0.25, -0.2) is 17.9 Å². The van der Waals surface area contributed by atoms with Crippen LogP contribution in [0.15, 0.2) is 82.3 Å². The van der Waals surface area contributed by atoms with E-state index in [4.69, 9.17) is 9.15 Å². The lowest BCUT2D eigenvalue weighted by molar-refractivity contribution is -0.150. The molecule has 1 unspecified atom stereocenters. The molecule has 178 valence electrons. The van der Waals surface area contributed by atoms with E-state index in [9.17, 15) is 18.0 Å². The van der Waals surface area contributed by atoms with Crippen LogP contribution in [0.3, 0.4) is 0 Å². The maximum Gasteiger partial charge on any atom is 0.331 e. The molecule has 1 amide bonds. The minimum absolute atomic E-state index is 0.0413. The number of rotatable bonds is 10. The van der Waals surface area contributed by atoms with Gasteiger partial charge in [0.15, 0.2) is 6.10 Å². The molecule has 3 aromatic rings. The molecule has 34 heavy (non-hydrogen) atoms. The van der Waals surface area contributed by atoms with Gasteiger partial charge in [0.25, 0.3) is 5.91 Å². The van der Waals surface area contributed by atoms with Crippen LogP contribution in [0.5, 0.6) is 0 Å². The first-order chi connectivity index (χ1) is 16.2.